The smallest absolute Gasteiger partial charge is 0.210 e. The number of para-hydroxylation sites is 1. The largest absolute Gasteiger partial charge is 0.345 e. The summed E-state index contributed by atoms with van der Waals surface area (Å²) in [4.78, 5) is 6.84. The molecule has 0 bridgehead atoms. The van der Waals surface area contributed by atoms with Gasteiger partial charge in [0.15, 0.2) is 0 Å². The van der Waals surface area contributed by atoms with Gasteiger partial charge in [0.1, 0.15) is 0 Å². The molecule has 0 radical (unpaired) electrons. The van der Waals surface area contributed by atoms with Crippen molar-refractivity contribution in [2.45, 2.75) is 13.3 Å². The molecule has 0 saturated carbocycles. The summed E-state index contributed by atoms with van der Waals surface area (Å²) in [6.45, 7) is 4.05. The molecule has 19 heavy (non-hydrogen) atoms. The maximum atomic E-state index is 4.63. The monoisotopic (exact) mass is 258 g/mol. The van der Waals surface area contributed by atoms with Crippen molar-refractivity contribution in [1.82, 2.24) is 14.9 Å². The zero-order chi connectivity index (χ0) is 13.7. The highest BCUT2D eigenvalue weighted by molar-refractivity contribution is 5.44. The van der Waals surface area contributed by atoms with Gasteiger partial charge in [-0.15, -0.1) is 0 Å². The molecular weight excluding hydrogens is 236 g/mol. The van der Waals surface area contributed by atoms with Crippen LogP contribution in [0.4, 0.5) is 5.95 Å². The topological polar surface area (TPSA) is 33.1 Å². The molecule has 1 N–H and O–H groups in total. The molecule has 0 atom stereocenters. The number of rotatable bonds is 6. The van der Waals surface area contributed by atoms with Crippen LogP contribution in [0.5, 0.6) is 0 Å². The van der Waals surface area contributed by atoms with Crippen molar-refractivity contribution in [3.05, 3.63) is 42.2 Å². The molecule has 102 valence electrons. The molecule has 0 saturated heterocycles. The molecule has 4 nitrogen and oxygen atoms in total. The SMILES string of the molecule is CNCCCN(C)c1nc(C)cn1-c1ccccc1. The summed E-state index contributed by atoms with van der Waals surface area (Å²) in [6, 6.07) is 10.3. The highest BCUT2D eigenvalue weighted by Crippen LogP contribution is 2.19. The normalized spacial score (nSPS) is 10.7. The van der Waals surface area contributed by atoms with Gasteiger partial charge in [-0.3, -0.25) is 4.57 Å². The molecule has 1 aromatic carbocycles. The highest BCUT2D eigenvalue weighted by Gasteiger charge is 2.11. The van der Waals surface area contributed by atoms with Crippen LogP contribution >= 0.6 is 0 Å². The van der Waals surface area contributed by atoms with Crippen molar-refractivity contribution in [1.29, 1.82) is 0 Å². The van der Waals surface area contributed by atoms with Crippen molar-refractivity contribution in [2.75, 3.05) is 32.1 Å². The average molecular weight is 258 g/mol. The van der Waals surface area contributed by atoms with E-state index in [1.54, 1.807) is 0 Å². The van der Waals surface area contributed by atoms with E-state index in [1.807, 2.05) is 20.0 Å². The predicted molar refractivity (Wildman–Crippen MR) is 80.1 cm³/mol. The lowest BCUT2D eigenvalue weighted by molar-refractivity contribution is 0.701. The Balaban J connectivity index is 2.21. The molecule has 0 unspecified atom stereocenters. The first-order valence-corrected chi connectivity index (χ1v) is 6.69. The molecule has 0 fully saturated rings. The molecule has 2 aromatic rings. The van der Waals surface area contributed by atoms with Crippen molar-refractivity contribution in [3.63, 3.8) is 0 Å². The van der Waals surface area contributed by atoms with Crippen LogP contribution in [0, 0.1) is 6.92 Å². The third-order valence-corrected chi connectivity index (χ3v) is 3.10. The zero-order valence-electron chi connectivity index (χ0n) is 11.9. The third kappa shape index (κ3) is 3.35. The standard InChI is InChI=1S/C15H22N4/c1-13-12-19(14-8-5-4-6-9-14)15(17-13)18(3)11-7-10-16-2/h4-6,8-9,12,16H,7,10-11H2,1-3H3. The van der Waals surface area contributed by atoms with Gasteiger partial charge in [0.25, 0.3) is 0 Å². The summed E-state index contributed by atoms with van der Waals surface area (Å²) in [5.74, 6) is 1.000. The Labute approximate surface area is 115 Å². The van der Waals surface area contributed by atoms with Gasteiger partial charge in [-0.1, -0.05) is 18.2 Å². The molecular formula is C15H22N4. The van der Waals surface area contributed by atoms with Gasteiger partial charge in [0.05, 0.1) is 5.69 Å². The van der Waals surface area contributed by atoms with Gasteiger partial charge in [-0.2, -0.15) is 0 Å². The third-order valence-electron chi connectivity index (χ3n) is 3.10. The zero-order valence-corrected chi connectivity index (χ0v) is 11.9. The lowest BCUT2D eigenvalue weighted by Gasteiger charge is -2.19. The molecule has 2 rings (SSSR count). The fourth-order valence-electron chi connectivity index (χ4n) is 2.13. The van der Waals surface area contributed by atoms with Gasteiger partial charge >= 0.3 is 0 Å². The second-order valence-corrected chi connectivity index (χ2v) is 4.77. The summed E-state index contributed by atoms with van der Waals surface area (Å²) in [5.41, 5.74) is 2.19. The van der Waals surface area contributed by atoms with Crippen LogP contribution in [0.3, 0.4) is 0 Å². The quantitative estimate of drug-likeness (QED) is 0.807. The Kier molecular flexibility index (Phi) is 4.58. The Morgan fingerprint density at radius 3 is 2.68 bits per heavy atom. The number of imidazole rings is 1. The van der Waals surface area contributed by atoms with Gasteiger partial charge in [0.2, 0.25) is 5.95 Å². The van der Waals surface area contributed by atoms with Crippen molar-refractivity contribution >= 4 is 5.95 Å². The molecule has 1 heterocycles. The second-order valence-electron chi connectivity index (χ2n) is 4.77. The van der Waals surface area contributed by atoms with E-state index < -0.39 is 0 Å². The molecule has 4 heteroatoms. The summed E-state index contributed by atoms with van der Waals surface area (Å²) in [7, 11) is 4.08. The van der Waals surface area contributed by atoms with Crippen molar-refractivity contribution in [3.8, 4) is 5.69 Å². The molecule has 0 amide bonds. The molecule has 0 spiro atoms. The van der Waals surface area contributed by atoms with Crippen LogP contribution in [-0.4, -0.2) is 36.7 Å². The van der Waals surface area contributed by atoms with Crippen molar-refractivity contribution < 1.29 is 0 Å². The first-order valence-electron chi connectivity index (χ1n) is 6.69. The number of aryl methyl sites for hydroxylation is 1. The maximum Gasteiger partial charge on any atom is 0.210 e. The number of anilines is 1. The number of nitrogens with zero attached hydrogens (tertiary/aromatic N) is 3. The first-order chi connectivity index (χ1) is 9.22. The van der Waals surface area contributed by atoms with Crippen LogP contribution in [0.2, 0.25) is 0 Å². The fraction of sp³-hybridized carbons (Fsp3) is 0.400. The average Bonchev–Trinajstić information content (AvgIpc) is 2.82. The Morgan fingerprint density at radius 1 is 1.26 bits per heavy atom. The molecule has 0 aliphatic rings. The first kappa shape index (κ1) is 13.6. The number of aromatic nitrogens is 2. The lowest BCUT2D eigenvalue weighted by atomic mass is 10.3. The van der Waals surface area contributed by atoms with Gasteiger partial charge in [-0.05, 0) is 39.1 Å². The van der Waals surface area contributed by atoms with E-state index in [0.717, 1.165) is 36.8 Å². The Morgan fingerprint density at radius 2 is 2.00 bits per heavy atom. The second kappa shape index (κ2) is 6.38. The van der Waals surface area contributed by atoms with Gasteiger partial charge in [-0.25, -0.2) is 4.98 Å². The molecule has 0 aliphatic carbocycles. The Hall–Kier alpha value is -1.81. The van der Waals surface area contributed by atoms with Crippen LogP contribution in [-0.2, 0) is 0 Å². The highest BCUT2D eigenvalue weighted by atomic mass is 15.3. The van der Waals surface area contributed by atoms with Crippen molar-refractivity contribution in [2.24, 2.45) is 0 Å². The van der Waals surface area contributed by atoms with E-state index in [4.69, 9.17) is 0 Å². The minimum atomic E-state index is 0.990. The van der Waals surface area contributed by atoms with Crippen LogP contribution < -0.4 is 10.2 Å². The predicted octanol–water partition coefficient (Wildman–Crippen LogP) is 2.23. The van der Waals surface area contributed by atoms with Crippen LogP contribution in [0.25, 0.3) is 5.69 Å². The van der Waals surface area contributed by atoms with E-state index in [0.29, 0.717) is 0 Å². The number of benzene rings is 1. The molecule has 0 aliphatic heterocycles. The minimum Gasteiger partial charge on any atom is -0.345 e. The van der Waals surface area contributed by atoms with Crippen LogP contribution in [0.1, 0.15) is 12.1 Å². The summed E-state index contributed by atoms with van der Waals surface area (Å²) < 4.78 is 2.15. The van der Waals surface area contributed by atoms with Gasteiger partial charge < -0.3 is 10.2 Å². The Bertz CT molecular complexity index is 504. The molecule has 1 aromatic heterocycles. The number of hydrogen-bond acceptors (Lipinski definition) is 3. The summed E-state index contributed by atoms with van der Waals surface area (Å²) in [5, 5.41) is 3.17. The minimum absolute atomic E-state index is 0.990. The van der Waals surface area contributed by atoms with E-state index in [9.17, 15) is 0 Å². The van der Waals surface area contributed by atoms with Gasteiger partial charge in [0, 0.05) is 25.5 Å². The fourth-order valence-corrected chi connectivity index (χ4v) is 2.13. The summed E-state index contributed by atoms with van der Waals surface area (Å²) >= 11 is 0. The van der Waals surface area contributed by atoms with E-state index in [2.05, 4.69) is 57.3 Å². The number of hydrogen-bond donors (Lipinski definition) is 1. The summed E-state index contributed by atoms with van der Waals surface area (Å²) in [6.07, 6.45) is 3.19. The lowest BCUT2D eigenvalue weighted by Crippen LogP contribution is -2.24. The number of nitrogens with one attached hydrogen (secondary N) is 1. The maximum absolute atomic E-state index is 4.63. The van der Waals surface area contributed by atoms with E-state index in [-0.39, 0.29) is 0 Å². The van der Waals surface area contributed by atoms with E-state index in [1.165, 1.54) is 0 Å². The van der Waals surface area contributed by atoms with E-state index >= 15 is 0 Å². The van der Waals surface area contributed by atoms with Crippen LogP contribution in [0.15, 0.2) is 36.5 Å².